The molecule has 0 aliphatic rings. The zero-order valence-electron chi connectivity index (χ0n) is 18.9. The van der Waals surface area contributed by atoms with Gasteiger partial charge in [-0.15, -0.1) is 11.3 Å². The van der Waals surface area contributed by atoms with Crippen LogP contribution in [0.4, 0.5) is 5.00 Å². The number of esters is 2. The van der Waals surface area contributed by atoms with Gasteiger partial charge in [-0.2, -0.15) is 0 Å². The molecule has 33 heavy (non-hydrogen) atoms. The van der Waals surface area contributed by atoms with Crippen LogP contribution in [0.3, 0.4) is 0 Å². The van der Waals surface area contributed by atoms with Gasteiger partial charge in [-0.1, -0.05) is 44.2 Å². The molecule has 0 unspecified atom stereocenters. The molecular weight excluding hydrogens is 442 g/mol. The van der Waals surface area contributed by atoms with Crippen molar-refractivity contribution in [1.82, 2.24) is 0 Å². The lowest BCUT2D eigenvalue weighted by Crippen LogP contribution is -2.24. The maximum atomic E-state index is 12.4. The average molecular weight is 470 g/mol. The molecule has 8 heteroatoms. The fraction of sp³-hybridized carbons (Fsp3) is 0.320. The van der Waals surface area contributed by atoms with Gasteiger partial charge in [-0.25, -0.2) is 9.59 Å². The number of fused-ring (bicyclic) bond motifs is 1. The number of hydrogen-bond acceptors (Lipinski definition) is 7. The minimum absolute atomic E-state index is 0.234. The molecule has 1 N–H and O–H groups in total. The lowest BCUT2D eigenvalue weighted by molar-refractivity contribution is -0.149. The lowest BCUT2D eigenvalue weighted by atomic mass is 10.0. The monoisotopic (exact) mass is 469 g/mol. The minimum Gasteiger partial charge on any atom is -0.482 e. The highest BCUT2D eigenvalue weighted by Gasteiger charge is 2.22. The third kappa shape index (κ3) is 6.79. The number of thiophene rings is 1. The number of benzene rings is 2. The Hall–Kier alpha value is -3.39. The third-order valence-corrected chi connectivity index (χ3v) is 5.61. The molecule has 0 spiro atoms. The molecular formula is C25H27NO6S. The van der Waals surface area contributed by atoms with Crippen molar-refractivity contribution in [3.05, 3.63) is 59.0 Å². The first-order valence-corrected chi connectivity index (χ1v) is 11.6. The third-order valence-electron chi connectivity index (χ3n) is 4.67. The summed E-state index contributed by atoms with van der Waals surface area (Å²) < 4.78 is 15.6. The van der Waals surface area contributed by atoms with Crippen molar-refractivity contribution in [2.75, 3.05) is 25.1 Å². The second-order valence-corrected chi connectivity index (χ2v) is 8.67. The normalized spacial score (nSPS) is 10.8. The second-order valence-electron chi connectivity index (χ2n) is 7.79. The smallest absolute Gasteiger partial charge is 0.344 e. The highest BCUT2D eigenvalue weighted by molar-refractivity contribution is 7.15. The van der Waals surface area contributed by atoms with Crippen LogP contribution in [-0.4, -0.2) is 37.7 Å². The molecule has 1 heterocycles. The van der Waals surface area contributed by atoms with Gasteiger partial charge in [-0.05, 0) is 53.1 Å². The zero-order chi connectivity index (χ0) is 23.8. The summed E-state index contributed by atoms with van der Waals surface area (Å²) in [6.07, 6.45) is 0.682. The summed E-state index contributed by atoms with van der Waals surface area (Å²) in [5, 5.41) is 6.94. The van der Waals surface area contributed by atoms with Crippen molar-refractivity contribution < 1.29 is 28.6 Å². The summed E-state index contributed by atoms with van der Waals surface area (Å²) >= 11 is 1.25. The number of amides is 1. The highest BCUT2D eigenvalue weighted by Crippen LogP contribution is 2.31. The molecule has 3 rings (SSSR count). The Labute approximate surface area is 196 Å². The summed E-state index contributed by atoms with van der Waals surface area (Å²) in [6, 6.07) is 13.3. The number of carbonyl (C=O) groups is 3. The van der Waals surface area contributed by atoms with E-state index in [1.807, 2.05) is 55.6 Å². The molecule has 0 aliphatic heterocycles. The lowest BCUT2D eigenvalue weighted by Gasteiger charge is -2.10. The molecule has 0 bridgehead atoms. The van der Waals surface area contributed by atoms with Crippen LogP contribution >= 0.6 is 11.3 Å². The van der Waals surface area contributed by atoms with Crippen LogP contribution in [0.15, 0.2) is 47.8 Å². The largest absolute Gasteiger partial charge is 0.482 e. The van der Waals surface area contributed by atoms with E-state index < -0.39 is 24.5 Å². The maximum absolute atomic E-state index is 12.4. The van der Waals surface area contributed by atoms with Crippen LogP contribution in [0.5, 0.6) is 5.75 Å². The van der Waals surface area contributed by atoms with E-state index in [9.17, 15) is 14.4 Å². The van der Waals surface area contributed by atoms with Gasteiger partial charge < -0.3 is 19.5 Å². The fourth-order valence-electron chi connectivity index (χ4n) is 3.25. The number of anilines is 1. The highest BCUT2D eigenvalue weighted by atomic mass is 32.1. The van der Waals surface area contributed by atoms with Crippen molar-refractivity contribution in [2.45, 2.75) is 27.2 Å². The number of carbonyl (C=O) groups excluding carboxylic acids is 3. The van der Waals surface area contributed by atoms with Crippen molar-refractivity contribution in [2.24, 2.45) is 5.92 Å². The maximum Gasteiger partial charge on any atom is 0.344 e. The van der Waals surface area contributed by atoms with Crippen molar-refractivity contribution in [1.29, 1.82) is 0 Å². The first-order chi connectivity index (χ1) is 15.9. The molecule has 2 aromatic carbocycles. The number of rotatable bonds is 10. The van der Waals surface area contributed by atoms with E-state index in [1.54, 1.807) is 13.0 Å². The van der Waals surface area contributed by atoms with Crippen LogP contribution in [0.2, 0.25) is 0 Å². The minimum atomic E-state index is -0.671. The molecule has 0 atom stereocenters. The number of ether oxygens (including phenoxy) is 3. The summed E-state index contributed by atoms with van der Waals surface area (Å²) in [5.74, 6) is -0.830. The van der Waals surface area contributed by atoms with Gasteiger partial charge in [0.2, 0.25) is 0 Å². The van der Waals surface area contributed by atoms with Crippen LogP contribution < -0.4 is 10.1 Å². The molecule has 0 fully saturated rings. The average Bonchev–Trinajstić information content (AvgIpc) is 3.17. The van der Waals surface area contributed by atoms with Crippen LogP contribution in [0.1, 0.15) is 36.7 Å². The Kier molecular flexibility index (Phi) is 8.43. The molecule has 0 radical (unpaired) electrons. The van der Waals surface area contributed by atoms with E-state index in [0.29, 0.717) is 28.7 Å². The van der Waals surface area contributed by atoms with Crippen LogP contribution in [0.25, 0.3) is 10.8 Å². The molecule has 174 valence electrons. The topological polar surface area (TPSA) is 90.9 Å². The van der Waals surface area contributed by atoms with Gasteiger partial charge >= 0.3 is 11.9 Å². The second kappa shape index (κ2) is 11.5. The summed E-state index contributed by atoms with van der Waals surface area (Å²) in [6.45, 7) is 5.24. The van der Waals surface area contributed by atoms with Crippen LogP contribution in [0, 0.1) is 5.92 Å². The molecule has 0 aliphatic carbocycles. The van der Waals surface area contributed by atoms with Gasteiger partial charge in [0.15, 0.2) is 13.2 Å². The SMILES string of the molecule is CCOC(=O)c1c(CC(C)C)csc1NC(=O)COC(=O)COc1ccc2ccccc2c1. The predicted octanol–water partition coefficient (Wildman–Crippen LogP) is 4.84. The number of nitrogens with one attached hydrogen (secondary N) is 1. The van der Waals surface area contributed by atoms with Crippen LogP contribution in [-0.2, 0) is 25.5 Å². The summed E-state index contributed by atoms with van der Waals surface area (Å²) in [4.78, 5) is 36.8. The first kappa shape index (κ1) is 24.3. The van der Waals surface area contributed by atoms with E-state index in [0.717, 1.165) is 16.3 Å². The molecule has 0 saturated heterocycles. The van der Waals surface area contributed by atoms with Gasteiger partial charge in [0, 0.05) is 0 Å². The van der Waals surface area contributed by atoms with Gasteiger partial charge in [0.1, 0.15) is 10.8 Å². The van der Waals surface area contributed by atoms with Gasteiger partial charge in [0.05, 0.1) is 12.2 Å². The standard InChI is InChI=1S/C25H27NO6S/c1-4-30-25(29)23-19(11-16(2)3)15-33-24(23)26-21(27)13-32-22(28)14-31-20-10-9-17-7-5-6-8-18(17)12-20/h5-10,12,15-16H,4,11,13-14H2,1-3H3,(H,26,27). The Bertz CT molecular complexity index is 1140. The van der Waals surface area contributed by atoms with Crippen molar-refractivity contribution >= 4 is 45.0 Å². The summed E-state index contributed by atoms with van der Waals surface area (Å²) in [5.41, 5.74) is 1.18. The van der Waals surface area contributed by atoms with Gasteiger partial charge in [0.25, 0.3) is 5.91 Å². The summed E-state index contributed by atoms with van der Waals surface area (Å²) in [7, 11) is 0. The Morgan fingerprint density at radius 1 is 1.00 bits per heavy atom. The molecule has 7 nitrogen and oxygen atoms in total. The molecule has 1 aromatic heterocycles. The molecule has 3 aromatic rings. The number of hydrogen-bond donors (Lipinski definition) is 1. The van der Waals surface area contributed by atoms with E-state index >= 15 is 0 Å². The van der Waals surface area contributed by atoms with E-state index in [2.05, 4.69) is 5.32 Å². The van der Waals surface area contributed by atoms with Gasteiger partial charge in [-0.3, -0.25) is 4.79 Å². The molecule has 1 amide bonds. The van der Waals surface area contributed by atoms with E-state index in [-0.39, 0.29) is 13.2 Å². The molecule has 0 saturated carbocycles. The Morgan fingerprint density at radius 3 is 2.48 bits per heavy atom. The van der Waals surface area contributed by atoms with E-state index in [1.165, 1.54) is 11.3 Å². The van der Waals surface area contributed by atoms with Crippen molar-refractivity contribution in [3.8, 4) is 5.75 Å². The van der Waals surface area contributed by atoms with E-state index in [4.69, 9.17) is 14.2 Å². The van der Waals surface area contributed by atoms with Crippen molar-refractivity contribution in [3.63, 3.8) is 0 Å². The Balaban J connectivity index is 1.53. The Morgan fingerprint density at radius 2 is 1.76 bits per heavy atom. The fourth-order valence-corrected chi connectivity index (χ4v) is 4.23. The quantitative estimate of drug-likeness (QED) is 0.428. The zero-order valence-corrected chi connectivity index (χ0v) is 19.7. The first-order valence-electron chi connectivity index (χ1n) is 10.7. The predicted molar refractivity (Wildman–Crippen MR) is 128 cm³/mol.